The molecule has 1 aromatic heterocycles. The number of hydrogen-bond donors (Lipinski definition) is 0. The molecule has 0 unspecified atom stereocenters. The summed E-state index contributed by atoms with van der Waals surface area (Å²) in [5.41, 5.74) is 6.20. The Hall–Kier alpha value is -2.26. The van der Waals surface area contributed by atoms with Crippen molar-refractivity contribution < 1.29 is 4.74 Å². The summed E-state index contributed by atoms with van der Waals surface area (Å²) in [5, 5.41) is 2.04. The van der Waals surface area contributed by atoms with Crippen molar-refractivity contribution in [2.75, 3.05) is 13.7 Å². The van der Waals surface area contributed by atoms with Gasteiger partial charge in [0, 0.05) is 29.0 Å². The summed E-state index contributed by atoms with van der Waals surface area (Å²) < 4.78 is 7.79. The third kappa shape index (κ3) is 2.49. The van der Waals surface area contributed by atoms with Crippen molar-refractivity contribution in [1.29, 1.82) is 0 Å². The molecule has 0 radical (unpaired) electrons. The Kier molecular flexibility index (Phi) is 3.81. The van der Waals surface area contributed by atoms with E-state index in [0.29, 0.717) is 0 Å². The standard InChI is InChI=1S/C20H19ClN2O/c1-13-20-17(9-10-22-13)18-11-16(24-2)7-8-19(18)23(20)12-14-3-5-15(21)6-4-14/h3-8,11H,9-10,12H2,1-2H3. The molecule has 0 saturated carbocycles. The molecule has 0 saturated heterocycles. The van der Waals surface area contributed by atoms with Crippen molar-refractivity contribution in [3.05, 3.63) is 64.3 Å². The van der Waals surface area contributed by atoms with Crippen LogP contribution in [0.4, 0.5) is 0 Å². The van der Waals surface area contributed by atoms with Gasteiger partial charge in [0.15, 0.2) is 0 Å². The van der Waals surface area contributed by atoms with Gasteiger partial charge in [-0.25, -0.2) is 0 Å². The van der Waals surface area contributed by atoms with Crippen molar-refractivity contribution in [2.24, 2.45) is 4.99 Å². The minimum atomic E-state index is 0.764. The van der Waals surface area contributed by atoms with Crippen molar-refractivity contribution in [1.82, 2.24) is 4.57 Å². The van der Waals surface area contributed by atoms with Crippen LogP contribution >= 0.6 is 11.6 Å². The molecular formula is C20H19ClN2O. The van der Waals surface area contributed by atoms with Gasteiger partial charge in [-0.1, -0.05) is 23.7 Å². The van der Waals surface area contributed by atoms with Crippen LogP contribution in [-0.2, 0) is 13.0 Å². The van der Waals surface area contributed by atoms with Crippen LogP contribution in [0, 0.1) is 0 Å². The molecule has 1 aliphatic heterocycles. The first-order valence-electron chi connectivity index (χ1n) is 8.12. The molecule has 0 spiro atoms. The molecule has 3 nitrogen and oxygen atoms in total. The summed E-state index contributed by atoms with van der Waals surface area (Å²) in [5.74, 6) is 0.897. The van der Waals surface area contributed by atoms with Gasteiger partial charge in [0.2, 0.25) is 0 Å². The van der Waals surface area contributed by atoms with E-state index in [-0.39, 0.29) is 0 Å². The first-order chi connectivity index (χ1) is 11.7. The highest BCUT2D eigenvalue weighted by molar-refractivity contribution is 6.30. The monoisotopic (exact) mass is 338 g/mol. The molecular weight excluding hydrogens is 320 g/mol. The van der Waals surface area contributed by atoms with E-state index >= 15 is 0 Å². The van der Waals surface area contributed by atoms with E-state index in [1.54, 1.807) is 7.11 Å². The second-order valence-corrected chi connectivity index (χ2v) is 6.58. The average molecular weight is 339 g/mol. The second kappa shape index (κ2) is 5.99. The fourth-order valence-electron chi connectivity index (χ4n) is 3.54. The summed E-state index contributed by atoms with van der Waals surface area (Å²) in [6, 6.07) is 14.4. The lowest BCUT2D eigenvalue weighted by atomic mass is 10.0. The molecule has 0 N–H and O–H groups in total. The summed E-state index contributed by atoms with van der Waals surface area (Å²) in [6.45, 7) is 3.77. The van der Waals surface area contributed by atoms with E-state index in [4.69, 9.17) is 16.3 Å². The van der Waals surface area contributed by atoms with Crippen molar-refractivity contribution >= 4 is 28.2 Å². The van der Waals surface area contributed by atoms with Gasteiger partial charge < -0.3 is 9.30 Å². The summed E-state index contributed by atoms with van der Waals surface area (Å²) >= 11 is 6.02. The predicted octanol–water partition coefficient (Wildman–Crippen LogP) is 4.72. The highest BCUT2D eigenvalue weighted by atomic mass is 35.5. The van der Waals surface area contributed by atoms with Gasteiger partial charge in [0.1, 0.15) is 5.75 Å². The molecule has 1 aliphatic rings. The molecule has 0 fully saturated rings. The first-order valence-corrected chi connectivity index (χ1v) is 8.50. The fourth-order valence-corrected chi connectivity index (χ4v) is 3.67. The van der Waals surface area contributed by atoms with Gasteiger partial charge in [0.25, 0.3) is 0 Å². The van der Waals surface area contributed by atoms with E-state index in [1.807, 2.05) is 18.2 Å². The normalized spacial score (nSPS) is 13.7. The zero-order valence-electron chi connectivity index (χ0n) is 13.8. The molecule has 0 atom stereocenters. The third-order valence-electron chi connectivity index (χ3n) is 4.68. The molecule has 2 heterocycles. The quantitative estimate of drug-likeness (QED) is 0.679. The summed E-state index contributed by atoms with van der Waals surface area (Å²) in [6.07, 6.45) is 0.976. The van der Waals surface area contributed by atoms with E-state index in [0.717, 1.165) is 36.0 Å². The number of nitrogens with zero attached hydrogens (tertiary/aromatic N) is 2. The fraction of sp³-hybridized carbons (Fsp3) is 0.250. The Bertz CT molecular complexity index is 938. The molecule has 2 aromatic carbocycles. The molecule has 122 valence electrons. The first kappa shape index (κ1) is 15.3. The highest BCUT2D eigenvalue weighted by Gasteiger charge is 2.22. The van der Waals surface area contributed by atoms with Crippen molar-refractivity contribution in [3.8, 4) is 5.75 Å². The van der Waals surface area contributed by atoms with E-state index in [9.17, 15) is 0 Å². The van der Waals surface area contributed by atoms with E-state index < -0.39 is 0 Å². The molecule has 4 rings (SSSR count). The molecule has 3 aromatic rings. The number of halogens is 1. The van der Waals surface area contributed by atoms with E-state index in [2.05, 4.69) is 40.7 Å². The van der Waals surface area contributed by atoms with Crippen molar-refractivity contribution in [3.63, 3.8) is 0 Å². The van der Waals surface area contributed by atoms with Crippen LogP contribution in [0.15, 0.2) is 47.5 Å². The second-order valence-electron chi connectivity index (χ2n) is 6.14. The average Bonchev–Trinajstić information content (AvgIpc) is 2.91. The minimum absolute atomic E-state index is 0.764. The van der Waals surface area contributed by atoms with Crippen LogP contribution < -0.4 is 4.74 Å². The van der Waals surface area contributed by atoms with Crippen LogP contribution in [0.5, 0.6) is 5.75 Å². The Morgan fingerprint density at radius 2 is 1.96 bits per heavy atom. The van der Waals surface area contributed by atoms with Gasteiger partial charge in [-0.05, 0) is 54.8 Å². The molecule has 0 bridgehead atoms. The largest absolute Gasteiger partial charge is 0.497 e. The van der Waals surface area contributed by atoms with Crippen molar-refractivity contribution in [2.45, 2.75) is 19.9 Å². The Morgan fingerprint density at radius 3 is 2.71 bits per heavy atom. The van der Waals surface area contributed by atoms with Crippen LogP contribution in [0.25, 0.3) is 10.9 Å². The smallest absolute Gasteiger partial charge is 0.119 e. The number of ether oxygens (including phenoxy) is 1. The van der Waals surface area contributed by atoms with Crippen LogP contribution in [0.2, 0.25) is 5.02 Å². The minimum Gasteiger partial charge on any atom is -0.497 e. The number of methoxy groups -OCH3 is 1. The van der Waals surface area contributed by atoms with Crippen LogP contribution in [0.3, 0.4) is 0 Å². The number of hydrogen-bond acceptors (Lipinski definition) is 2. The maximum atomic E-state index is 6.02. The molecule has 0 aliphatic carbocycles. The lowest BCUT2D eigenvalue weighted by molar-refractivity contribution is 0.415. The highest BCUT2D eigenvalue weighted by Crippen LogP contribution is 2.33. The Morgan fingerprint density at radius 1 is 1.17 bits per heavy atom. The maximum Gasteiger partial charge on any atom is 0.119 e. The van der Waals surface area contributed by atoms with Gasteiger partial charge in [-0.2, -0.15) is 0 Å². The topological polar surface area (TPSA) is 26.5 Å². The SMILES string of the molecule is COc1ccc2c(c1)c1c(n2Cc2ccc(Cl)cc2)C(C)=NCC1. The lowest BCUT2D eigenvalue weighted by Crippen LogP contribution is -2.15. The molecule has 0 amide bonds. The Labute approximate surface area is 146 Å². The number of aliphatic imine (C=N–C) groups is 1. The zero-order chi connectivity index (χ0) is 16.7. The Balaban J connectivity index is 1.92. The van der Waals surface area contributed by atoms with Crippen LogP contribution in [-0.4, -0.2) is 23.9 Å². The third-order valence-corrected chi connectivity index (χ3v) is 4.93. The van der Waals surface area contributed by atoms with Gasteiger partial charge >= 0.3 is 0 Å². The summed E-state index contributed by atoms with van der Waals surface area (Å²) in [7, 11) is 1.71. The molecule has 4 heteroatoms. The van der Waals surface area contributed by atoms with Gasteiger partial charge in [0.05, 0.1) is 18.5 Å². The zero-order valence-corrected chi connectivity index (χ0v) is 14.6. The predicted molar refractivity (Wildman–Crippen MR) is 99.8 cm³/mol. The van der Waals surface area contributed by atoms with Gasteiger partial charge in [-0.15, -0.1) is 0 Å². The van der Waals surface area contributed by atoms with E-state index in [1.165, 1.54) is 27.7 Å². The van der Waals surface area contributed by atoms with Crippen LogP contribution in [0.1, 0.15) is 23.7 Å². The number of fused-ring (bicyclic) bond motifs is 3. The lowest BCUT2D eigenvalue weighted by Gasteiger charge is -2.15. The molecule has 24 heavy (non-hydrogen) atoms. The number of benzene rings is 2. The number of aromatic nitrogens is 1. The summed E-state index contributed by atoms with van der Waals surface area (Å²) in [4.78, 5) is 4.67. The number of rotatable bonds is 3. The maximum absolute atomic E-state index is 6.02. The van der Waals surface area contributed by atoms with Gasteiger partial charge in [-0.3, -0.25) is 4.99 Å².